The van der Waals surface area contributed by atoms with Crippen LogP contribution in [0.4, 0.5) is 0 Å². The first-order chi connectivity index (χ1) is 15.2. The first-order valence-electron chi connectivity index (χ1n) is 11.4. The summed E-state index contributed by atoms with van der Waals surface area (Å²) in [5.41, 5.74) is 3.68. The van der Waals surface area contributed by atoms with E-state index < -0.39 is 11.7 Å². The van der Waals surface area contributed by atoms with Crippen LogP contribution in [0.5, 0.6) is 11.5 Å². The smallest absolute Gasteiger partial charge is 0.137 e. The van der Waals surface area contributed by atoms with E-state index in [1.165, 1.54) is 11.1 Å². The van der Waals surface area contributed by atoms with E-state index in [-0.39, 0.29) is 0 Å². The summed E-state index contributed by atoms with van der Waals surface area (Å²) in [5, 5.41) is 21.7. The second kappa shape index (κ2) is 9.22. The molecule has 2 aromatic carbocycles. The lowest BCUT2D eigenvalue weighted by molar-refractivity contribution is -0.0596. The van der Waals surface area contributed by atoms with Gasteiger partial charge in [0.25, 0.3) is 0 Å². The van der Waals surface area contributed by atoms with Gasteiger partial charge in [0.15, 0.2) is 0 Å². The fourth-order valence-electron chi connectivity index (χ4n) is 5.35. The molecule has 0 aromatic heterocycles. The highest BCUT2D eigenvalue weighted by molar-refractivity contribution is 6.32. The fourth-order valence-corrected chi connectivity index (χ4v) is 5.54. The minimum absolute atomic E-state index is 0.296. The molecule has 2 heterocycles. The lowest BCUT2D eigenvalue weighted by Crippen LogP contribution is -2.49. The normalized spacial score (nSPS) is 26.2. The summed E-state index contributed by atoms with van der Waals surface area (Å²) in [4.78, 5) is 2.57. The highest BCUT2D eigenvalue weighted by atomic mass is 35.5. The molecular formula is C26H34ClNO4. The lowest BCUT2D eigenvalue weighted by atomic mass is 9.80. The summed E-state index contributed by atoms with van der Waals surface area (Å²) in [6.07, 6.45) is 3.14. The molecule has 2 unspecified atom stereocenters. The Morgan fingerprint density at radius 1 is 1.09 bits per heavy atom. The maximum absolute atomic E-state index is 11.6. The first-order valence-corrected chi connectivity index (χ1v) is 11.8. The largest absolute Gasteiger partial charge is 0.495 e. The zero-order valence-corrected chi connectivity index (χ0v) is 20.2. The van der Waals surface area contributed by atoms with Gasteiger partial charge in [-0.3, -0.25) is 4.90 Å². The number of ether oxygens (including phenoxy) is 2. The van der Waals surface area contributed by atoms with E-state index in [1.807, 2.05) is 24.3 Å². The van der Waals surface area contributed by atoms with Gasteiger partial charge in [-0.25, -0.2) is 0 Å². The van der Waals surface area contributed by atoms with Crippen LogP contribution in [0.15, 0.2) is 30.3 Å². The van der Waals surface area contributed by atoms with Crippen LogP contribution in [0, 0.1) is 13.8 Å². The van der Waals surface area contributed by atoms with Crippen molar-refractivity contribution in [1.29, 1.82) is 0 Å². The number of piperidine rings is 1. The standard InChI is InChI=1S/C26H34ClNO4/c1-16(29)15-32-24-10-5-19(17(2)18(24)3)14-28-21-7-8-22(28)13-26(30,12-21)20-6-9-23(27)25(11-20)31-4/h5-6,9-11,16,21-22,29-30H,7-8,12-15H2,1-4H3/t16-,21?,22?,26?/m1/s1. The van der Waals surface area contributed by atoms with Crippen molar-refractivity contribution in [3.63, 3.8) is 0 Å². The molecule has 4 rings (SSSR count). The maximum Gasteiger partial charge on any atom is 0.137 e. The van der Waals surface area contributed by atoms with Gasteiger partial charge in [0.2, 0.25) is 0 Å². The first kappa shape index (κ1) is 23.4. The quantitative estimate of drug-likeness (QED) is 0.626. The summed E-state index contributed by atoms with van der Waals surface area (Å²) < 4.78 is 11.1. The Morgan fingerprint density at radius 2 is 1.78 bits per heavy atom. The van der Waals surface area contributed by atoms with E-state index in [0.717, 1.165) is 36.3 Å². The fraction of sp³-hybridized carbons (Fsp3) is 0.538. The molecule has 0 aliphatic carbocycles. The van der Waals surface area contributed by atoms with Crippen molar-refractivity contribution in [2.24, 2.45) is 0 Å². The van der Waals surface area contributed by atoms with Crippen LogP contribution in [0.3, 0.4) is 0 Å². The topological polar surface area (TPSA) is 62.2 Å². The molecule has 2 aliphatic rings. The van der Waals surface area contributed by atoms with E-state index in [4.69, 9.17) is 21.1 Å². The van der Waals surface area contributed by atoms with Crippen LogP contribution in [0.25, 0.3) is 0 Å². The second-order valence-corrected chi connectivity index (χ2v) is 9.89. The number of hydrogen-bond donors (Lipinski definition) is 2. The highest BCUT2D eigenvalue weighted by Crippen LogP contribution is 2.47. The highest BCUT2D eigenvalue weighted by Gasteiger charge is 2.48. The number of fused-ring (bicyclic) bond motifs is 2. The summed E-state index contributed by atoms with van der Waals surface area (Å²) in [5.74, 6) is 1.44. The van der Waals surface area contributed by atoms with Crippen molar-refractivity contribution < 1.29 is 19.7 Å². The molecule has 0 amide bonds. The molecule has 2 saturated heterocycles. The third-order valence-corrected chi connectivity index (χ3v) is 7.60. The molecule has 6 heteroatoms. The molecule has 2 aliphatic heterocycles. The molecule has 0 radical (unpaired) electrons. The number of halogens is 1. The minimum Gasteiger partial charge on any atom is -0.495 e. The van der Waals surface area contributed by atoms with Crippen LogP contribution < -0.4 is 9.47 Å². The molecule has 2 N–H and O–H groups in total. The molecule has 174 valence electrons. The van der Waals surface area contributed by atoms with Crippen LogP contribution in [-0.4, -0.2) is 47.0 Å². The molecule has 5 nitrogen and oxygen atoms in total. The molecule has 3 atom stereocenters. The van der Waals surface area contributed by atoms with Gasteiger partial charge in [0.1, 0.15) is 18.1 Å². The molecule has 2 aromatic rings. The zero-order valence-electron chi connectivity index (χ0n) is 19.4. The Balaban J connectivity index is 1.51. The van der Waals surface area contributed by atoms with Crippen molar-refractivity contribution in [2.45, 2.75) is 76.8 Å². The van der Waals surface area contributed by atoms with Gasteiger partial charge in [0, 0.05) is 18.6 Å². The minimum atomic E-state index is -0.857. The van der Waals surface area contributed by atoms with Crippen LogP contribution in [0.2, 0.25) is 5.02 Å². The predicted molar refractivity (Wildman–Crippen MR) is 127 cm³/mol. The monoisotopic (exact) mass is 459 g/mol. The van der Waals surface area contributed by atoms with Crippen molar-refractivity contribution in [3.05, 3.63) is 57.6 Å². The number of hydrogen-bond acceptors (Lipinski definition) is 5. The molecule has 0 spiro atoms. The van der Waals surface area contributed by atoms with Gasteiger partial charge in [0.05, 0.1) is 23.8 Å². The van der Waals surface area contributed by atoms with E-state index in [9.17, 15) is 10.2 Å². The van der Waals surface area contributed by atoms with Crippen molar-refractivity contribution in [3.8, 4) is 11.5 Å². The van der Waals surface area contributed by atoms with Gasteiger partial charge in [-0.15, -0.1) is 0 Å². The Morgan fingerprint density at radius 3 is 2.41 bits per heavy atom. The number of methoxy groups -OCH3 is 1. The third-order valence-electron chi connectivity index (χ3n) is 7.29. The summed E-state index contributed by atoms with van der Waals surface area (Å²) >= 11 is 6.20. The summed E-state index contributed by atoms with van der Waals surface area (Å²) in [6.45, 7) is 7.11. The van der Waals surface area contributed by atoms with E-state index in [2.05, 4.69) is 24.8 Å². The van der Waals surface area contributed by atoms with E-state index in [1.54, 1.807) is 14.0 Å². The zero-order chi connectivity index (χ0) is 23.0. The molecular weight excluding hydrogens is 426 g/mol. The second-order valence-electron chi connectivity index (χ2n) is 9.48. The Hall–Kier alpha value is -1.79. The molecule has 32 heavy (non-hydrogen) atoms. The SMILES string of the molecule is COc1cc(C2(O)CC3CCC(C2)N3Cc2ccc(OC[C@@H](C)O)c(C)c2C)ccc1Cl. The molecule has 0 saturated carbocycles. The van der Waals surface area contributed by atoms with Crippen LogP contribution in [-0.2, 0) is 12.1 Å². The van der Waals surface area contributed by atoms with E-state index in [0.29, 0.717) is 42.3 Å². The van der Waals surface area contributed by atoms with Crippen molar-refractivity contribution in [2.75, 3.05) is 13.7 Å². The number of aliphatic hydroxyl groups is 2. The number of rotatable bonds is 7. The van der Waals surface area contributed by atoms with Gasteiger partial charge >= 0.3 is 0 Å². The Kier molecular flexibility index (Phi) is 6.73. The summed E-state index contributed by atoms with van der Waals surface area (Å²) in [7, 11) is 1.60. The Bertz CT molecular complexity index is 963. The number of aliphatic hydroxyl groups excluding tert-OH is 1. The van der Waals surface area contributed by atoms with Gasteiger partial charge in [-0.2, -0.15) is 0 Å². The van der Waals surface area contributed by atoms with Crippen molar-refractivity contribution in [1.82, 2.24) is 4.90 Å². The predicted octanol–water partition coefficient (Wildman–Crippen LogP) is 4.74. The van der Waals surface area contributed by atoms with Gasteiger partial charge in [-0.1, -0.05) is 23.7 Å². The number of benzene rings is 2. The van der Waals surface area contributed by atoms with Crippen molar-refractivity contribution >= 4 is 11.6 Å². The average molecular weight is 460 g/mol. The lowest BCUT2D eigenvalue weighted by Gasteiger charge is -2.44. The third kappa shape index (κ3) is 4.49. The van der Waals surface area contributed by atoms with Crippen LogP contribution in [0.1, 0.15) is 54.9 Å². The van der Waals surface area contributed by atoms with Gasteiger partial charge in [-0.05, 0) is 86.9 Å². The summed E-state index contributed by atoms with van der Waals surface area (Å²) in [6, 6.07) is 10.5. The maximum atomic E-state index is 11.6. The van der Waals surface area contributed by atoms with Crippen LogP contribution >= 0.6 is 11.6 Å². The Labute approximate surface area is 195 Å². The molecule has 2 bridgehead atoms. The average Bonchev–Trinajstić information content (AvgIpc) is 3.00. The van der Waals surface area contributed by atoms with E-state index >= 15 is 0 Å². The van der Waals surface area contributed by atoms with Gasteiger partial charge < -0.3 is 19.7 Å². The number of nitrogens with zero attached hydrogens (tertiary/aromatic N) is 1. The molecule has 2 fully saturated rings.